The Balaban J connectivity index is 1.45. The highest BCUT2D eigenvalue weighted by atomic mass is 16.2. The van der Waals surface area contributed by atoms with Crippen LogP contribution in [0.2, 0.25) is 0 Å². The van der Waals surface area contributed by atoms with Gasteiger partial charge >= 0.3 is 0 Å². The summed E-state index contributed by atoms with van der Waals surface area (Å²) in [4.78, 5) is 34.3. The molecule has 0 N–H and O–H groups in total. The van der Waals surface area contributed by atoms with E-state index >= 15 is 0 Å². The predicted molar refractivity (Wildman–Crippen MR) is 141 cm³/mol. The van der Waals surface area contributed by atoms with Gasteiger partial charge in [0.25, 0.3) is 5.56 Å². The Labute approximate surface area is 209 Å². The second-order valence-electron chi connectivity index (χ2n) is 11.4. The number of pyridine rings is 1. The number of carbonyl (C=O) groups is 1. The zero-order valence-electron chi connectivity index (χ0n) is 21.7. The molecule has 1 amide bonds. The fourth-order valence-electron chi connectivity index (χ4n) is 6.87. The maximum Gasteiger partial charge on any atom is 0.255 e. The number of para-hydroxylation sites is 1. The van der Waals surface area contributed by atoms with Crippen molar-refractivity contribution >= 4 is 16.8 Å². The van der Waals surface area contributed by atoms with Crippen LogP contribution in [-0.2, 0) is 18.4 Å². The summed E-state index contributed by atoms with van der Waals surface area (Å²) in [6, 6.07) is 10.1. The van der Waals surface area contributed by atoms with Gasteiger partial charge in [-0.3, -0.25) is 14.5 Å². The molecule has 1 aliphatic heterocycles. The second kappa shape index (κ2) is 10.4. The minimum atomic E-state index is 0.0161. The number of amides is 1. The molecule has 0 atom stereocenters. The Bertz CT molecular complexity index is 1090. The van der Waals surface area contributed by atoms with E-state index in [0.717, 1.165) is 62.0 Å². The average molecular weight is 479 g/mol. The Morgan fingerprint density at radius 1 is 1.00 bits per heavy atom. The van der Waals surface area contributed by atoms with E-state index in [-0.39, 0.29) is 17.0 Å². The van der Waals surface area contributed by atoms with Crippen LogP contribution in [0.25, 0.3) is 10.9 Å². The molecule has 0 unspecified atom stereocenters. The highest BCUT2D eigenvalue weighted by molar-refractivity contribution is 5.80. The molecule has 3 fully saturated rings. The number of aryl methyl sites for hydroxylation is 1. The molecule has 2 heterocycles. The minimum absolute atomic E-state index is 0.0161. The van der Waals surface area contributed by atoms with E-state index in [1.807, 2.05) is 31.3 Å². The number of piperazine rings is 1. The van der Waals surface area contributed by atoms with Crippen molar-refractivity contribution in [3.8, 4) is 0 Å². The maximum atomic E-state index is 13.8. The molecule has 5 rings (SSSR count). The molecule has 6 heteroatoms. The Kier molecular flexibility index (Phi) is 7.31. The van der Waals surface area contributed by atoms with E-state index in [2.05, 4.69) is 27.8 Å². The molecule has 3 aliphatic rings. The van der Waals surface area contributed by atoms with E-state index < -0.39 is 0 Å². The van der Waals surface area contributed by atoms with Crippen LogP contribution in [-0.4, -0.2) is 70.5 Å². The minimum Gasteiger partial charge on any atom is -0.336 e. The summed E-state index contributed by atoms with van der Waals surface area (Å²) in [6.45, 7) is 5.47. The van der Waals surface area contributed by atoms with Gasteiger partial charge in [-0.25, -0.2) is 0 Å². The molecule has 2 saturated carbocycles. The number of fused-ring (bicyclic) bond motifs is 1. The van der Waals surface area contributed by atoms with Crippen LogP contribution < -0.4 is 5.56 Å². The lowest BCUT2D eigenvalue weighted by molar-refractivity contribution is -0.135. The summed E-state index contributed by atoms with van der Waals surface area (Å²) in [5.74, 6) is 0.750. The van der Waals surface area contributed by atoms with Gasteiger partial charge in [-0.15, -0.1) is 0 Å². The van der Waals surface area contributed by atoms with E-state index in [1.54, 1.807) is 4.57 Å². The topological polar surface area (TPSA) is 48.8 Å². The third kappa shape index (κ3) is 5.19. The van der Waals surface area contributed by atoms with Crippen molar-refractivity contribution in [1.82, 2.24) is 19.3 Å². The Morgan fingerprint density at radius 2 is 1.69 bits per heavy atom. The summed E-state index contributed by atoms with van der Waals surface area (Å²) < 4.78 is 1.75. The number of rotatable bonds is 7. The molecule has 1 saturated heterocycles. The number of likely N-dealkylation sites (N-methyl/N-ethyl adjacent to an activating group) is 1. The quantitative estimate of drug-likeness (QED) is 0.603. The van der Waals surface area contributed by atoms with E-state index in [1.165, 1.54) is 38.5 Å². The predicted octanol–water partition coefficient (Wildman–Crippen LogP) is 4.01. The number of carbonyl (C=O) groups excluding carboxylic acids is 1. The lowest BCUT2D eigenvalue weighted by Gasteiger charge is -2.47. The molecular formula is C29H42N4O2. The van der Waals surface area contributed by atoms with Gasteiger partial charge in [0.2, 0.25) is 5.91 Å². The van der Waals surface area contributed by atoms with Crippen molar-refractivity contribution < 1.29 is 4.79 Å². The van der Waals surface area contributed by atoms with Gasteiger partial charge in [0.1, 0.15) is 0 Å². The Hall–Kier alpha value is -2.18. The van der Waals surface area contributed by atoms with Gasteiger partial charge in [0.15, 0.2) is 0 Å². The van der Waals surface area contributed by atoms with Gasteiger partial charge in [0.05, 0.1) is 12.1 Å². The van der Waals surface area contributed by atoms with Gasteiger partial charge < -0.3 is 14.4 Å². The van der Waals surface area contributed by atoms with Crippen molar-refractivity contribution in [1.29, 1.82) is 0 Å². The number of nitrogens with zero attached hydrogens (tertiary/aromatic N) is 4. The molecule has 0 spiro atoms. The van der Waals surface area contributed by atoms with Gasteiger partial charge in [-0.1, -0.05) is 43.9 Å². The van der Waals surface area contributed by atoms with Crippen molar-refractivity contribution in [2.75, 3.05) is 39.8 Å². The van der Waals surface area contributed by atoms with Crippen LogP contribution >= 0.6 is 0 Å². The van der Waals surface area contributed by atoms with E-state index in [0.29, 0.717) is 18.9 Å². The summed E-state index contributed by atoms with van der Waals surface area (Å²) in [5, 5.41) is 1.06. The van der Waals surface area contributed by atoms with Crippen molar-refractivity contribution in [2.45, 2.75) is 69.9 Å². The zero-order valence-corrected chi connectivity index (χ0v) is 21.7. The van der Waals surface area contributed by atoms with Gasteiger partial charge in [0, 0.05) is 57.3 Å². The molecule has 190 valence electrons. The number of hydrogen-bond acceptors (Lipinski definition) is 4. The fourth-order valence-corrected chi connectivity index (χ4v) is 6.87. The van der Waals surface area contributed by atoms with Crippen LogP contribution in [0.3, 0.4) is 0 Å². The lowest BCUT2D eigenvalue weighted by Crippen LogP contribution is -2.60. The maximum absolute atomic E-state index is 13.8. The second-order valence-corrected chi connectivity index (χ2v) is 11.4. The molecule has 2 aromatic rings. The number of hydrogen-bond donors (Lipinski definition) is 0. The third-order valence-corrected chi connectivity index (χ3v) is 9.05. The first-order chi connectivity index (χ1) is 16.9. The summed E-state index contributed by atoms with van der Waals surface area (Å²) in [6.07, 6.45) is 10.2. The molecule has 1 aromatic heterocycles. The SMILES string of the molecule is CN1CCN(C2(CN(Cc3cc4ccccc4n(C)c3=O)C(=O)CC3CCCC3)CCCC2)CC1. The first-order valence-corrected chi connectivity index (χ1v) is 13.7. The van der Waals surface area contributed by atoms with Crippen LogP contribution in [0.4, 0.5) is 0 Å². The van der Waals surface area contributed by atoms with Gasteiger partial charge in [-0.2, -0.15) is 0 Å². The molecular weight excluding hydrogens is 436 g/mol. The summed E-state index contributed by atoms with van der Waals surface area (Å²) in [7, 11) is 4.05. The monoisotopic (exact) mass is 478 g/mol. The summed E-state index contributed by atoms with van der Waals surface area (Å²) in [5.41, 5.74) is 1.74. The van der Waals surface area contributed by atoms with Crippen molar-refractivity contribution in [2.24, 2.45) is 13.0 Å². The largest absolute Gasteiger partial charge is 0.336 e. The molecule has 0 radical (unpaired) electrons. The average Bonchev–Trinajstić information content (AvgIpc) is 3.55. The van der Waals surface area contributed by atoms with Crippen molar-refractivity contribution in [3.63, 3.8) is 0 Å². The first-order valence-electron chi connectivity index (χ1n) is 13.7. The van der Waals surface area contributed by atoms with Crippen LogP contribution in [0.5, 0.6) is 0 Å². The molecule has 6 nitrogen and oxygen atoms in total. The van der Waals surface area contributed by atoms with Gasteiger partial charge in [-0.05, 0) is 56.2 Å². The highest BCUT2D eigenvalue weighted by Gasteiger charge is 2.42. The molecule has 35 heavy (non-hydrogen) atoms. The van der Waals surface area contributed by atoms with Crippen LogP contribution in [0.15, 0.2) is 35.1 Å². The van der Waals surface area contributed by atoms with Crippen molar-refractivity contribution in [3.05, 3.63) is 46.2 Å². The normalized spacial score (nSPS) is 21.7. The first kappa shape index (κ1) is 24.5. The standard InChI is InChI=1S/C29H42N4O2/c1-30-15-17-33(18-16-30)29(13-7-8-14-29)22-32(27(34)19-23-9-3-4-10-23)21-25-20-24-11-5-6-12-26(24)31(2)28(25)35/h5-6,11-12,20,23H,3-4,7-10,13-19,21-22H2,1-2H3. The van der Waals surface area contributed by atoms with Crippen LogP contribution in [0, 0.1) is 5.92 Å². The molecule has 2 aliphatic carbocycles. The molecule has 1 aromatic carbocycles. The highest BCUT2D eigenvalue weighted by Crippen LogP contribution is 2.38. The Morgan fingerprint density at radius 3 is 2.40 bits per heavy atom. The third-order valence-electron chi connectivity index (χ3n) is 9.05. The van der Waals surface area contributed by atoms with E-state index in [4.69, 9.17) is 0 Å². The summed E-state index contributed by atoms with van der Waals surface area (Å²) >= 11 is 0. The van der Waals surface area contributed by atoms with Crippen LogP contribution in [0.1, 0.15) is 63.4 Å². The fraction of sp³-hybridized carbons (Fsp3) is 0.655. The molecule has 0 bridgehead atoms. The number of benzene rings is 1. The zero-order chi connectivity index (χ0) is 24.4. The number of aromatic nitrogens is 1. The van der Waals surface area contributed by atoms with E-state index in [9.17, 15) is 9.59 Å². The lowest BCUT2D eigenvalue weighted by atomic mass is 9.92. The smallest absolute Gasteiger partial charge is 0.255 e.